The molecule has 8 nitrogen and oxygen atoms in total. The molecule has 8 heteroatoms. The van der Waals surface area contributed by atoms with E-state index >= 15 is 0 Å². The Morgan fingerprint density at radius 2 is 1.83 bits per heavy atom. The van der Waals surface area contributed by atoms with Crippen LogP contribution < -0.4 is 10.1 Å². The Balaban J connectivity index is 2.01. The SMILES string of the molecule is CCC(C)N(CC(=O)Nc1cccc(C)c1C)C(=O)COc1ccc([N+](=O)[O-])cc1. The summed E-state index contributed by atoms with van der Waals surface area (Å²) in [5.74, 6) is -0.274. The molecule has 0 spiro atoms. The highest BCUT2D eigenvalue weighted by Gasteiger charge is 2.23. The van der Waals surface area contributed by atoms with Crippen molar-refractivity contribution in [1.82, 2.24) is 4.90 Å². The zero-order valence-corrected chi connectivity index (χ0v) is 17.7. The van der Waals surface area contributed by atoms with Crippen LogP contribution in [0.1, 0.15) is 31.4 Å². The maximum Gasteiger partial charge on any atom is 0.269 e. The van der Waals surface area contributed by atoms with E-state index in [1.54, 1.807) is 0 Å². The van der Waals surface area contributed by atoms with Gasteiger partial charge in [-0.1, -0.05) is 19.1 Å². The van der Waals surface area contributed by atoms with E-state index < -0.39 is 4.92 Å². The van der Waals surface area contributed by atoms with Crippen LogP contribution >= 0.6 is 0 Å². The zero-order chi connectivity index (χ0) is 22.3. The molecule has 2 aromatic rings. The van der Waals surface area contributed by atoms with Crippen molar-refractivity contribution in [3.8, 4) is 5.75 Å². The summed E-state index contributed by atoms with van der Waals surface area (Å²) in [6.45, 7) is 7.35. The van der Waals surface area contributed by atoms with Gasteiger partial charge in [0, 0.05) is 23.9 Å². The van der Waals surface area contributed by atoms with Crippen LogP contribution in [0.2, 0.25) is 0 Å². The standard InChI is InChI=1S/C22H27N3O5/c1-5-16(3)24(13-21(26)23-20-8-6-7-15(2)17(20)4)22(27)14-30-19-11-9-18(10-12-19)25(28)29/h6-12,16H,5,13-14H2,1-4H3,(H,23,26). The molecule has 0 aliphatic rings. The normalized spacial score (nSPS) is 11.5. The third-order valence-corrected chi connectivity index (χ3v) is 5.05. The lowest BCUT2D eigenvalue weighted by atomic mass is 10.1. The number of non-ortho nitro benzene ring substituents is 1. The predicted octanol–water partition coefficient (Wildman–Crippen LogP) is 3.86. The fraction of sp³-hybridized carbons (Fsp3) is 0.364. The minimum absolute atomic E-state index is 0.0574. The maximum absolute atomic E-state index is 12.7. The monoisotopic (exact) mass is 413 g/mol. The van der Waals surface area contributed by atoms with Crippen molar-refractivity contribution in [2.24, 2.45) is 0 Å². The van der Waals surface area contributed by atoms with Gasteiger partial charge in [0.15, 0.2) is 6.61 Å². The fourth-order valence-electron chi connectivity index (χ4n) is 2.83. The van der Waals surface area contributed by atoms with Gasteiger partial charge in [0.05, 0.1) is 4.92 Å². The van der Waals surface area contributed by atoms with Crippen LogP contribution in [0.25, 0.3) is 0 Å². The maximum atomic E-state index is 12.7. The van der Waals surface area contributed by atoms with E-state index in [0.29, 0.717) is 12.2 Å². The minimum Gasteiger partial charge on any atom is -0.484 e. The first-order valence-electron chi connectivity index (χ1n) is 9.75. The summed E-state index contributed by atoms with van der Waals surface area (Å²) >= 11 is 0. The number of benzene rings is 2. The molecule has 0 radical (unpaired) electrons. The highest BCUT2D eigenvalue weighted by molar-refractivity contribution is 5.95. The molecule has 0 aliphatic heterocycles. The number of ether oxygens (including phenoxy) is 1. The molecule has 1 atom stereocenters. The van der Waals surface area contributed by atoms with E-state index in [9.17, 15) is 19.7 Å². The second-order valence-electron chi connectivity index (χ2n) is 7.11. The van der Waals surface area contributed by atoms with Crippen LogP contribution in [0.15, 0.2) is 42.5 Å². The first-order valence-corrected chi connectivity index (χ1v) is 9.75. The summed E-state index contributed by atoms with van der Waals surface area (Å²) < 4.78 is 5.47. The quantitative estimate of drug-likeness (QED) is 0.497. The second-order valence-corrected chi connectivity index (χ2v) is 7.11. The number of anilines is 1. The summed E-state index contributed by atoms with van der Waals surface area (Å²) in [7, 11) is 0. The molecule has 2 aromatic carbocycles. The number of carbonyl (C=O) groups excluding carboxylic acids is 2. The zero-order valence-electron chi connectivity index (χ0n) is 17.7. The Kier molecular flexibility index (Phi) is 7.91. The van der Waals surface area contributed by atoms with Gasteiger partial charge in [0.25, 0.3) is 11.6 Å². The van der Waals surface area contributed by atoms with Crippen molar-refractivity contribution >= 4 is 23.2 Å². The van der Waals surface area contributed by atoms with Gasteiger partial charge in [-0.3, -0.25) is 19.7 Å². The number of hydrogen-bond donors (Lipinski definition) is 1. The van der Waals surface area contributed by atoms with Crippen molar-refractivity contribution < 1.29 is 19.2 Å². The highest BCUT2D eigenvalue weighted by Crippen LogP contribution is 2.19. The molecule has 160 valence electrons. The van der Waals surface area contributed by atoms with E-state index in [2.05, 4.69) is 5.32 Å². The van der Waals surface area contributed by atoms with Crippen molar-refractivity contribution in [3.63, 3.8) is 0 Å². The van der Waals surface area contributed by atoms with E-state index in [0.717, 1.165) is 16.8 Å². The molecule has 0 aromatic heterocycles. The lowest BCUT2D eigenvalue weighted by Gasteiger charge is -2.28. The van der Waals surface area contributed by atoms with Gasteiger partial charge in [-0.15, -0.1) is 0 Å². The Labute approximate surface area is 176 Å². The number of nitrogens with one attached hydrogen (secondary N) is 1. The molecule has 2 amide bonds. The summed E-state index contributed by atoms with van der Waals surface area (Å²) in [6, 6.07) is 11.0. The number of nitro benzene ring substituents is 1. The van der Waals surface area contributed by atoms with E-state index in [4.69, 9.17) is 4.74 Å². The van der Waals surface area contributed by atoms with Crippen LogP contribution in [0.5, 0.6) is 5.75 Å². The summed E-state index contributed by atoms with van der Waals surface area (Å²) in [5.41, 5.74) is 2.71. The molecule has 0 heterocycles. The van der Waals surface area contributed by atoms with Gasteiger partial charge in [0.2, 0.25) is 5.91 Å². The Hall–Kier alpha value is -3.42. The first-order chi connectivity index (χ1) is 14.2. The molecule has 0 aliphatic carbocycles. The number of hydrogen-bond acceptors (Lipinski definition) is 5. The molecule has 1 unspecified atom stereocenters. The van der Waals surface area contributed by atoms with E-state index in [1.165, 1.54) is 29.2 Å². The van der Waals surface area contributed by atoms with E-state index in [-0.39, 0.29) is 36.7 Å². The molecule has 1 N–H and O–H groups in total. The number of amides is 2. The second kappa shape index (κ2) is 10.4. The van der Waals surface area contributed by atoms with Gasteiger partial charge in [-0.05, 0) is 56.5 Å². The number of nitrogens with zero attached hydrogens (tertiary/aromatic N) is 2. The van der Waals surface area contributed by atoms with Crippen molar-refractivity contribution in [2.45, 2.75) is 40.2 Å². The third-order valence-electron chi connectivity index (χ3n) is 5.05. The summed E-state index contributed by atoms with van der Waals surface area (Å²) in [4.78, 5) is 37.0. The lowest BCUT2D eigenvalue weighted by molar-refractivity contribution is -0.384. The van der Waals surface area contributed by atoms with Crippen LogP contribution in [-0.2, 0) is 9.59 Å². The molecule has 2 rings (SSSR count). The van der Waals surface area contributed by atoms with Crippen LogP contribution in [0, 0.1) is 24.0 Å². The van der Waals surface area contributed by atoms with Crippen molar-refractivity contribution in [2.75, 3.05) is 18.5 Å². The summed E-state index contributed by atoms with van der Waals surface area (Å²) in [5, 5.41) is 13.6. The molecule has 0 fully saturated rings. The van der Waals surface area contributed by atoms with Crippen molar-refractivity contribution in [1.29, 1.82) is 0 Å². The summed E-state index contributed by atoms with van der Waals surface area (Å²) in [6.07, 6.45) is 0.681. The van der Waals surface area contributed by atoms with Crippen LogP contribution in [-0.4, -0.2) is 40.8 Å². The lowest BCUT2D eigenvalue weighted by Crippen LogP contribution is -2.45. The fourth-order valence-corrected chi connectivity index (χ4v) is 2.83. The molecule has 0 saturated carbocycles. The molecule has 30 heavy (non-hydrogen) atoms. The average molecular weight is 413 g/mol. The van der Waals surface area contributed by atoms with Gasteiger partial charge in [-0.25, -0.2) is 0 Å². The topological polar surface area (TPSA) is 102 Å². The molecule has 0 bridgehead atoms. The largest absolute Gasteiger partial charge is 0.484 e. The number of rotatable bonds is 9. The minimum atomic E-state index is -0.506. The van der Waals surface area contributed by atoms with Gasteiger partial charge < -0.3 is 15.0 Å². The number of carbonyl (C=O) groups is 2. The highest BCUT2D eigenvalue weighted by atomic mass is 16.6. The van der Waals surface area contributed by atoms with Gasteiger partial charge in [0.1, 0.15) is 12.3 Å². The molecule has 0 saturated heterocycles. The molecular formula is C22H27N3O5. The van der Waals surface area contributed by atoms with E-state index in [1.807, 2.05) is 45.9 Å². The van der Waals surface area contributed by atoms with Crippen LogP contribution in [0.4, 0.5) is 11.4 Å². The van der Waals surface area contributed by atoms with Gasteiger partial charge >= 0.3 is 0 Å². The predicted molar refractivity (Wildman–Crippen MR) is 115 cm³/mol. The average Bonchev–Trinajstić information content (AvgIpc) is 2.73. The smallest absolute Gasteiger partial charge is 0.269 e. The Morgan fingerprint density at radius 3 is 2.43 bits per heavy atom. The number of nitro groups is 1. The third kappa shape index (κ3) is 6.04. The first kappa shape index (κ1) is 22.9. The van der Waals surface area contributed by atoms with Gasteiger partial charge in [-0.2, -0.15) is 0 Å². The Bertz CT molecular complexity index is 911. The number of aryl methyl sites for hydroxylation is 1. The molecular weight excluding hydrogens is 386 g/mol. The van der Waals surface area contributed by atoms with Crippen molar-refractivity contribution in [3.05, 3.63) is 63.7 Å². The van der Waals surface area contributed by atoms with Crippen LogP contribution in [0.3, 0.4) is 0 Å². The Morgan fingerprint density at radius 1 is 1.17 bits per heavy atom.